The fourth-order valence-corrected chi connectivity index (χ4v) is 4.63. The van der Waals surface area contributed by atoms with E-state index in [2.05, 4.69) is 5.16 Å². The second-order valence-electron chi connectivity index (χ2n) is 5.13. The molecule has 1 aliphatic rings. The molecule has 7 heteroatoms. The van der Waals surface area contributed by atoms with E-state index in [1.807, 2.05) is 31.7 Å². The Morgan fingerprint density at radius 2 is 2.38 bits per heavy atom. The van der Waals surface area contributed by atoms with Crippen LogP contribution < -0.4 is 5.73 Å². The highest BCUT2D eigenvalue weighted by Crippen LogP contribution is 2.32. The number of nitrogens with zero attached hydrogens (tertiary/aromatic N) is 2. The summed E-state index contributed by atoms with van der Waals surface area (Å²) in [5, 5.41) is 11.7. The van der Waals surface area contributed by atoms with Crippen molar-refractivity contribution in [3.8, 4) is 0 Å². The highest BCUT2D eigenvalue weighted by molar-refractivity contribution is 7.98. The Kier molecular flexibility index (Phi) is 5.52. The van der Waals surface area contributed by atoms with Crippen molar-refractivity contribution in [3.63, 3.8) is 0 Å². The number of thiophene rings is 1. The lowest BCUT2D eigenvalue weighted by Crippen LogP contribution is -2.38. The van der Waals surface area contributed by atoms with Crippen molar-refractivity contribution in [1.82, 2.24) is 4.90 Å². The maximum Gasteiger partial charge on any atom is 0.263 e. The lowest BCUT2D eigenvalue weighted by molar-refractivity contribution is 0.0758. The molecule has 1 aliphatic heterocycles. The first-order valence-electron chi connectivity index (χ1n) is 7.02. The number of carbonyl (C=O) groups is 1. The first-order valence-corrected chi connectivity index (χ1v) is 9.00. The molecule has 0 saturated carbocycles. The van der Waals surface area contributed by atoms with Gasteiger partial charge in [0.05, 0.1) is 4.88 Å². The zero-order chi connectivity index (χ0) is 15.4. The summed E-state index contributed by atoms with van der Waals surface area (Å²) in [5.74, 6) is 2.18. The van der Waals surface area contributed by atoms with E-state index < -0.39 is 0 Å². The van der Waals surface area contributed by atoms with E-state index in [0.29, 0.717) is 13.1 Å². The Bertz CT molecular complexity index is 519. The van der Waals surface area contributed by atoms with Crippen molar-refractivity contribution < 1.29 is 10.0 Å². The number of thioether (sulfide) groups is 1. The molecular formula is C14H21N3O2S2. The summed E-state index contributed by atoms with van der Waals surface area (Å²) in [6.07, 6.45) is 1.06. The molecular weight excluding hydrogens is 306 g/mol. The van der Waals surface area contributed by atoms with E-state index in [4.69, 9.17) is 10.9 Å². The topological polar surface area (TPSA) is 78.9 Å². The molecule has 2 rings (SSSR count). The smallest absolute Gasteiger partial charge is 0.263 e. The largest absolute Gasteiger partial charge is 0.409 e. The van der Waals surface area contributed by atoms with Crippen LogP contribution in [0.1, 0.15) is 34.0 Å². The van der Waals surface area contributed by atoms with Gasteiger partial charge in [-0.25, -0.2) is 0 Å². The third-order valence-electron chi connectivity index (χ3n) is 3.62. The van der Waals surface area contributed by atoms with Crippen LogP contribution in [0.5, 0.6) is 0 Å². The van der Waals surface area contributed by atoms with Crippen LogP contribution in [0.2, 0.25) is 0 Å². The number of nitrogens with two attached hydrogens (primary N) is 1. The van der Waals surface area contributed by atoms with Gasteiger partial charge < -0.3 is 15.8 Å². The minimum atomic E-state index is -0.163. The van der Waals surface area contributed by atoms with E-state index in [1.54, 1.807) is 16.2 Å². The molecule has 1 aromatic rings. The van der Waals surface area contributed by atoms with Gasteiger partial charge in [-0.2, -0.15) is 11.8 Å². The van der Waals surface area contributed by atoms with Gasteiger partial charge in [0.15, 0.2) is 0 Å². The molecule has 0 spiro atoms. The summed E-state index contributed by atoms with van der Waals surface area (Å²) >= 11 is 3.53. The molecule has 0 saturated heterocycles. The third-order valence-corrected chi connectivity index (χ3v) is 5.86. The lowest BCUT2D eigenvalue weighted by atomic mass is 10.1. The minimum Gasteiger partial charge on any atom is -0.409 e. The van der Waals surface area contributed by atoms with E-state index in [1.165, 1.54) is 10.4 Å². The van der Waals surface area contributed by atoms with E-state index in [0.717, 1.165) is 22.8 Å². The number of carbonyl (C=O) groups excluding carboxylic acids is 1. The number of amidine groups is 1. The molecule has 5 nitrogen and oxygen atoms in total. The Morgan fingerprint density at radius 3 is 3.00 bits per heavy atom. The lowest BCUT2D eigenvalue weighted by Gasteiger charge is -2.23. The van der Waals surface area contributed by atoms with Crippen LogP contribution in [0, 0.1) is 5.92 Å². The molecule has 0 fully saturated rings. The summed E-state index contributed by atoms with van der Waals surface area (Å²) in [6, 6.07) is 2.03. The molecule has 1 aromatic heterocycles. The van der Waals surface area contributed by atoms with E-state index in [9.17, 15) is 4.79 Å². The van der Waals surface area contributed by atoms with Crippen LogP contribution in [0.15, 0.2) is 11.2 Å². The normalized spacial score (nSPS) is 16.4. The highest BCUT2D eigenvalue weighted by atomic mass is 32.2. The molecule has 1 amide bonds. The van der Waals surface area contributed by atoms with Crippen molar-refractivity contribution in [2.75, 3.05) is 18.8 Å². The number of fused-ring (bicyclic) bond motifs is 1. The second kappa shape index (κ2) is 7.17. The number of oxime groups is 1. The zero-order valence-electron chi connectivity index (χ0n) is 12.3. The molecule has 0 bridgehead atoms. The molecule has 3 N–H and O–H groups in total. The van der Waals surface area contributed by atoms with Gasteiger partial charge in [-0.1, -0.05) is 12.1 Å². The summed E-state index contributed by atoms with van der Waals surface area (Å²) in [6.45, 7) is 4.86. The molecule has 2 heterocycles. The predicted octanol–water partition coefficient (Wildman–Crippen LogP) is 2.38. The van der Waals surface area contributed by atoms with E-state index in [-0.39, 0.29) is 17.7 Å². The quantitative estimate of drug-likeness (QED) is 0.377. The standard InChI is InChI=1S/C14H21N3O2S2/c1-3-17(7-9(2)13(15)16-19)14(18)12-6-10-8-20-5-4-11(10)21-12/h6,9,19H,3-5,7-8H2,1-2H3,(H2,15,16). The van der Waals surface area contributed by atoms with Crippen molar-refractivity contribution in [3.05, 3.63) is 21.4 Å². The van der Waals surface area contributed by atoms with Gasteiger partial charge in [-0.3, -0.25) is 4.79 Å². The van der Waals surface area contributed by atoms with Crippen molar-refractivity contribution in [1.29, 1.82) is 0 Å². The molecule has 21 heavy (non-hydrogen) atoms. The predicted molar refractivity (Wildman–Crippen MR) is 88.3 cm³/mol. The van der Waals surface area contributed by atoms with Gasteiger partial charge in [-0.05, 0) is 30.7 Å². The number of rotatable bonds is 5. The van der Waals surface area contributed by atoms with Crippen molar-refractivity contribution >= 4 is 34.8 Å². The van der Waals surface area contributed by atoms with Crippen LogP contribution in [-0.4, -0.2) is 40.7 Å². The highest BCUT2D eigenvalue weighted by Gasteiger charge is 2.23. The Hall–Kier alpha value is -1.21. The molecule has 0 aliphatic carbocycles. The summed E-state index contributed by atoms with van der Waals surface area (Å²) in [4.78, 5) is 16.5. The van der Waals surface area contributed by atoms with Crippen LogP contribution in [0.4, 0.5) is 0 Å². The van der Waals surface area contributed by atoms with Gasteiger partial charge in [-0.15, -0.1) is 11.3 Å². The van der Waals surface area contributed by atoms with Crippen molar-refractivity contribution in [2.24, 2.45) is 16.8 Å². The SMILES string of the molecule is CCN(CC(C)C(N)=NO)C(=O)c1cc2c(s1)CCSC2. The summed E-state index contributed by atoms with van der Waals surface area (Å²) < 4.78 is 0. The first-order chi connectivity index (χ1) is 10.1. The molecule has 116 valence electrons. The maximum atomic E-state index is 12.6. The van der Waals surface area contributed by atoms with Crippen LogP contribution in [0.25, 0.3) is 0 Å². The third kappa shape index (κ3) is 3.71. The monoisotopic (exact) mass is 327 g/mol. The number of aryl methyl sites for hydroxylation is 1. The second-order valence-corrected chi connectivity index (χ2v) is 7.37. The van der Waals surface area contributed by atoms with Gasteiger partial charge >= 0.3 is 0 Å². The fraction of sp³-hybridized carbons (Fsp3) is 0.571. The van der Waals surface area contributed by atoms with Crippen LogP contribution >= 0.6 is 23.1 Å². The van der Waals surface area contributed by atoms with Gasteiger partial charge in [0.25, 0.3) is 5.91 Å². The Morgan fingerprint density at radius 1 is 1.62 bits per heavy atom. The first kappa shape index (κ1) is 16.2. The van der Waals surface area contributed by atoms with Gasteiger partial charge in [0.2, 0.25) is 0 Å². The van der Waals surface area contributed by atoms with Gasteiger partial charge in [0.1, 0.15) is 5.84 Å². The molecule has 1 atom stereocenters. The average Bonchev–Trinajstić information content (AvgIpc) is 2.94. The number of amides is 1. The minimum absolute atomic E-state index is 0.0412. The Balaban J connectivity index is 2.11. The summed E-state index contributed by atoms with van der Waals surface area (Å²) in [7, 11) is 0. The van der Waals surface area contributed by atoms with Crippen molar-refractivity contribution in [2.45, 2.75) is 26.0 Å². The molecule has 0 aromatic carbocycles. The number of hydrogen-bond acceptors (Lipinski definition) is 5. The molecule has 1 unspecified atom stereocenters. The zero-order valence-corrected chi connectivity index (χ0v) is 14.0. The van der Waals surface area contributed by atoms with Crippen LogP contribution in [0.3, 0.4) is 0 Å². The van der Waals surface area contributed by atoms with Gasteiger partial charge in [0, 0.05) is 29.6 Å². The Labute approximate surface area is 133 Å². The molecule has 0 radical (unpaired) electrons. The fourth-order valence-electron chi connectivity index (χ4n) is 2.29. The summed E-state index contributed by atoms with van der Waals surface area (Å²) in [5.41, 5.74) is 6.91. The number of hydrogen-bond donors (Lipinski definition) is 2. The maximum absolute atomic E-state index is 12.6. The average molecular weight is 327 g/mol. The van der Waals surface area contributed by atoms with Crippen LogP contribution in [-0.2, 0) is 12.2 Å². The van der Waals surface area contributed by atoms with E-state index >= 15 is 0 Å².